The standard InChI is InChI=1S/C20H23NO4S/c1-4-18(15-9-12-17(13-10-15)26(3,23)24)21-20(22)14-11-16-7-5-6-8-19(16)25-2/h5-14,18H,4H2,1-3H3,(H,21,22)/b14-11+/t18-/m1/s1. The summed E-state index contributed by atoms with van der Waals surface area (Å²) in [5.74, 6) is 0.468. The van der Waals surface area contributed by atoms with Crippen molar-refractivity contribution in [3.05, 3.63) is 65.7 Å². The summed E-state index contributed by atoms with van der Waals surface area (Å²) >= 11 is 0. The molecule has 6 heteroatoms. The van der Waals surface area contributed by atoms with Crippen LogP contribution in [-0.4, -0.2) is 27.7 Å². The second-order valence-corrected chi connectivity index (χ2v) is 7.90. The first kappa shape index (κ1) is 19.7. The molecule has 0 aliphatic carbocycles. The Balaban J connectivity index is 2.09. The molecular formula is C20H23NO4S. The van der Waals surface area contributed by atoms with Crippen molar-refractivity contribution in [2.24, 2.45) is 0 Å². The van der Waals surface area contributed by atoms with Gasteiger partial charge in [-0.25, -0.2) is 8.42 Å². The first-order valence-electron chi connectivity index (χ1n) is 8.26. The van der Waals surface area contributed by atoms with Crippen molar-refractivity contribution in [3.8, 4) is 5.75 Å². The molecule has 0 bridgehead atoms. The Morgan fingerprint density at radius 2 is 1.81 bits per heavy atom. The van der Waals surface area contributed by atoms with Crippen LogP contribution < -0.4 is 10.1 Å². The fraction of sp³-hybridized carbons (Fsp3) is 0.250. The van der Waals surface area contributed by atoms with Crippen LogP contribution in [0.2, 0.25) is 0 Å². The molecule has 1 N–H and O–H groups in total. The number of rotatable bonds is 7. The van der Waals surface area contributed by atoms with Crippen LogP contribution in [-0.2, 0) is 14.6 Å². The van der Waals surface area contributed by atoms with E-state index in [2.05, 4.69) is 5.32 Å². The van der Waals surface area contributed by atoms with Crippen molar-refractivity contribution in [2.75, 3.05) is 13.4 Å². The minimum absolute atomic E-state index is 0.196. The van der Waals surface area contributed by atoms with Gasteiger partial charge in [-0.05, 0) is 36.3 Å². The van der Waals surface area contributed by atoms with Crippen molar-refractivity contribution in [3.63, 3.8) is 0 Å². The Hall–Kier alpha value is -2.60. The van der Waals surface area contributed by atoms with Gasteiger partial charge < -0.3 is 10.1 Å². The number of benzene rings is 2. The Labute approximate surface area is 154 Å². The molecule has 0 heterocycles. The fourth-order valence-electron chi connectivity index (χ4n) is 2.56. The quantitative estimate of drug-likeness (QED) is 0.755. The fourth-order valence-corrected chi connectivity index (χ4v) is 3.19. The lowest BCUT2D eigenvalue weighted by atomic mass is 10.0. The van der Waals surface area contributed by atoms with Crippen molar-refractivity contribution >= 4 is 21.8 Å². The van der Waals surface area contributed by atoms with Gasteiger partial charge in [0.15, 0.2) is 9.84 Å². The van der Waals surface area contributed by atoms with Crippen LogP contribution in [0, 0.1) is 0 Å². The number of nitrogens with one attached hydrogen (secondary N) is 1. The normalized spacial score (nSPS) is 12.7. The molecule has 2 aromatic rings. The summed E-state index contributed by atoms with van der Waals surface area (Å²) in [5.41, 5.74) is 1.68. The van der Waals surface area contributed by atoms with E-state index in [0.717, 1.165) is 11.1 Å². The monoisotopic (exact) mass is 373 g/mol. The Kier molecular flexibility index (Phi) is 6.58. The summed E-state index contributed by atoms with van der Waals surface area (Å²) in [6, 6.07) is 13.8. The third kappa shape index (κ3) is 5.20. The second kappa shape index (κ2) is 8.67. The lowest BCUT2D eigenvalue weighted by Crippen LogP contribution is -2.26. The van der Waals surface area contributed by atoms with Crippen LogP contribution in [0.15, 0.2) is 59.5 Å². The molecule has 1 atom stereocenters. The Bertz CT molecular complexity index is 886. The SMILES string of the molecule is CC[C@@H](NC(=O)/C=C/c1ccccc1OC)c1ccc(S(C)(=O)=O)cc1. The number of carbonyl (C=O) groups excluding carboxylic acids is 1. The van der Waals surface area contributed by atoms with E-state index in [1.165, 1.54) is 12.3 Å². The van der Waals surface area contributed by atoms with Crippen LogP contribution >= 0.6 is 0 Å². The predicted octanol–water partition coefficient (Wildman–Crippen LogP) is 3.38. The van der Waals surface area contributed by atoms with Crippen molar-refractivity contribution in [1.29, 1.82) is 0 Å². The zero-order valence-electron chi connectivity index (χ0n) is 15.1. The van der Waals surface area contributed by atoms with Gasteiger partial charge in [-0.2, -0.15) is 0 Å². The molecule has 0 saturated carbocycles. The maximum atomic E-state index is 12.3. The van der Waals surface area contributed by atoms with Crippen molar-refractivity contribution in [2.45, 2.75) is 24.3 Å². The Morgan fingerprint density at radius 1 is 1.15 bits per heavy atom. The molecule has 0 radical (unpaired) electrons. The molecular weight excluding hydrogens is 350 g/mol. The van der Waals surface area contributed by atoms with E-state index in [4.69, 9.17) is 4.74 Å². The number of carbonyl (C=O) groups is 1. The van der Waals surface area contributed by atoms with Gasteiger partial charge in [0, 0.05) is 17.9 Å². The molecule has 26 heavy (non-hydrogen) atoms. The predicted molar refractivity (Wildman–Crippen MR) is 103 cm³/mol. The largest absolute Gasteiger partial charge is 0.496 e. The van der Waals surface area contributed by atoms with Gasteiger partial charge in [0.2, 0.25) is 5.91 Å². The van der Waals surface area contributed by atoms with Gasteiger partial charge in [0.1, 0.15) is 5.75 Å². The van der Waals surface area contributed by atoms with Crippen molar-refractivity contribution < 1.29 is 17.9 Å². The van der Waals surface area contributed by atoms with Crippen LogP contribution in [0.3, 0.4) is 0 Å². The van der Waals surface area contributed by atoms with Crippen molar-refractivity contribution in [1.82, 2.24) is 5.32 Å². The lowest BCUT2D eigenvalue weighted by Gasteiger charge is -2.16. The topological polar surface area (TPSA) is 72.5 Å². The summed E-state index contributed by atoms with van der Waals surface area (Å²) in [7, 11) is -1.65. The smallest absolute Gasteiger partial charge is 0.244 e. The Morgan fingerprint density at radius 3 is 2.38 bits per heavy atom. The van der Waals surface area contributed by atoms with Crippen LogP contribution in [0.5, 0.6) is 5.75 Å². The number of ether oxygens (including phenoxy) is 1. The summed E-state index contributed by atoms with van der Waals surface area (Å²) < 4.78 is 28.3. The van der Waals surface area contributed by atoms with Gasteiger partial charge in [-0.15, -0.1) is 0 Å². The maximum absolute atomic E-state index is 12.3. The van der Waals surface area contributed by atoms with Gasteiger partial charge in [0.25, 0.3) is 0 Å². The van der Waals surface area contributed by atoms with E-state index in [0.29, 0.717) is 12.2 Å². The van der Waals surface area contributed by atoms with Gasteiger partial charge in [-0.3, -0.25) is 4.79 Å². The third-order valence-electron chi connectivity index (χ3n) is 3.99. The van der Waals surface area contributed by atoms with Gasteiger partial charge >= 0.3 is 0 Å². The summed E-state index contributed by atoms with van der Waals surface area (Å²) in [4.78, 5) is 12.5. The minimum Gasteiger partial charge on any atom is -0.496 e. The average molecular weight is 373 g/mol. The van der Waals surface area contributed by atoms with E-state index in [1.54, 1.807) is 37.5 Å². The molecule has 0 aliphatic heterocycles. The molecule has 138 valence electrons. The molecule has 0 fully saturated rings. The molecule has 1 amide bonds. The number of hydrogen-bond donors (Lipinski definition) is 1. The number of sulfone groups is 1. The molecule has 0 aliphatic rings. The molecule has 0 unspecified atom stereocenters. The van der Waals surface area contributed by atoms with E-state index in [-0.39, 0.29) is 16.8 Å². The summed E-state index contributed by atoms with van der Waals surface area (Å²) in [6.45, 7) is 1.96. The second-order valence-electron chi connectivity index (χ2n) is 5.89. The third-order valence-corrected chi connectivity index (χ3v) is 5.12. The minimum atomic E-state index is -3.23. The van der Waals surface area contributed by atoms with Crippen LogP contribution in [0.1, 0.15) is 30.5 Å². The van der Waals surface area contributed by atoms with E-state index < -0.39 is 9.84 Å². The first-order chi connectivity index (χ1) is 12.3. The number of hydrogen-bond acceptors (Lipinski definition) is 4. The summed E-state index contributed by atoms with van der Waals surface area (Å²) in [6.07, 6.45) is 5.02. The molecule has 0 saturated heterocycles. The zero-order chi connectivity index (χ0) is 19.2. The van der Waals surface area contributed by atoms with Gasteiger partial charge in [0.05, 0.1) is 18.0 Å². The molecule has 2 aromatic carbocycles. The van der Waals surface area contributed by atoms with E-state index in [9.17, 15) is 13.2 Å². The first-order valence-corrected chi connectivity index (χ1v) is 10.2. The van der Waals surface area contributed by atoms with E-state index >= 15 is 0 Å². The molecule has 0 aromatic heterocycles. The van der Waals surface area contributed by atoms with Gasteiger partial charge in [-0.1, -0.05) is 37.3 Å². The number of methoxy groups -OCH3 is 1. The molecule has 0 spiro atoms. The maximum Gasteiger partial charge on any atom is 0.244 e. The zero-order valence-corrected chi connectivity index (χ0v) is 15.9. The van der Waals surface area contributed by atoms with E-state index in [1.807, 2.05) is 31.2 Å². The summed E-state index contributed by atoms with van der Waals surface area (Å²) in [5, 5.41) is 2.93. The lowest BCUT2D eigenvalue weighted by molar-refractivity contribution is -0.117. The highest BCUT2D eigenvalue weighted by Gasteiger charge is 2.13. The highest BCUT2D eigenvalue weighted by molar-refractivity contribution is 7.90. The number of para-hydroxylation sites is 1. The average Bonchev–Trinajstić information content (AvgIpc) is 2.64. The molecule has 2 rings (SSSR count). The van der Waals surface area contributed by atoms with Crippen LogP contribution in [0.25, 0.3) is 6.08 Å². The highest BCUT2D eigenvalue weighted by atomic mass is 32.2. The highest BCUT2D eigenvalue weighted by Crippen LogP contribution is 2.20. The molecule has 5 nitrogen and oxygen atoms in total. The number of amides is 1. The van der Waals surface area contributed by atoms with Crippen LogP contribution in [0.4, 0.5) is 0 Å².